The van der Waals surface area contributed by atoms with Gasteiger partial charge in [-0.1, -0.05) is 36.4 Å². The van der Waals surface area contributed by atoms with Gasteiger partial charge in [0.1, 0.15) is 0 Å². The predicted octanol–water partition coefficient (Wildman–Crippen LogP) is 4.58. The Labute approximate surface area is 228 Å². The molecule has 5 aliphatic rings. The molecule has 3 fully saturated rings. The van der Waals surface area contributed by atoms with Crippen LogP contribution in [0.15, 0.2) is 42.5 Å². The molecule has 1 saturated carbocycles. The lowest BCUT2D eigenvalue weighted by molar-refractivity contribution is -0.144. The summed E-state index contributed by atoms with van der Waals surface area (Å²) in [6.07, 6.45) is 2.54. The van der Waals surface area contributed by atoms with Gasteiger partial charge in [0, 0.05) is 62.6 Å². The van der Waals surface area contributed by atoms with Crippen LogP contribution in [0.5, 0.6) is 11.5 Å². The molecule has 1 amide bonds. The Hall–Kier alpha value is -2.71. The Morgan fingerprint density at radius 1 is 0.974 bits per heavy atom. The quantitative estimate of drug-likeness (QED) is 0.601. The van der Waals surface area contributed by atoms with E-state index in [0.29, 0.717) is 51.5 Å². The van der Waals surface area contributed by atoms with E-state index in [9.17, 15) is 13.6 Å². The van der Waals surface area contributed by atoms with Crippen molar-refractivity contribution in [2.45, 2.75) is 68.4 Å². The highest BCUT2D eigenvalue weighted by molar-refractivity contribution is 5.83. The van der Waals surface area contributed by atoms with Crippen LogP contribution in [-0.2, 0) is 16.8 Å². The van der Waals surface area contributed by atoms with Crippen molar-refractivity contribution in [2.24, 2.45) is 11.8 Å². The van der Waals surface area contributed by atoms with Crippen molar-refractivity contribution in [2.75, 3.05) is 33.0 Å². The zero-order chi connectivity index (χ0) is 26.6. The topological polar surface area (TPSA) is 62.8 Å². The normalized spacial score (nSPS) is 31.8. The summed E-state index contributed by atoms with van der Waals surface area (Å²) in [5.41, 5.74) is 3.16. The largest absolute Gasteiger partial charge is 0.454 e. The van der Waals surface area contributed by atoms with Gasteiger partial charge in [-0.25, -0.2) is 8.78 Å². The number of hydrogen-bond donors (Lipinski definition) is 2. The molecule has 4 aliphatic heterocycles. The van der Waals surface area contributed by atoms with Gasteiger partial charge in [-0.15, -0.1) is 0 Å². The number of halogens is 2. The first-order valence-corrected chi connectivity index (χ1v) is 14.5. The molecule has 6 nitrogen and oxygen atoms in total. The number of ether oxygens (including phenoxy) is 2. The summed E-state index contributed by atoms with van der Waals surface area (Å²) >= 11 is 0. The van der Waals surface area contributed by atoms with E-state index >= 15 is 0 Å². The zero-order valence-electron chi connectivity index (χ0n) is 22.3. The Morgan fingerprint density at radius 3 is 2.59 bits per heavy atom. The molecular weight excluding hydrogens is 500 g/mol. The Bertz CT molecular complexity index is 1230. The number of nitrogens with zero attached hydrogens (tertiary/aromatic N) is 1. The van der Waals surface area contributed by atoms with Crippen molar-refractivity contribution in [3.05, 3.63) is 59.2 Å². The van der Waals surface area contributed by atoms with Crippen molar-refractivity contribution < 1.29 is 23.0 Å². The molecule has 4 atom stereocenters. The van der Waals surface area contributed by atoms with E-state index < -0.39 is 5.92 Å². The second-order valence-electron chi connectivity index (χ2n) is 12.2. The number of benzene rings is 2. The van der Waals surface area contributed by atoms with Crippen LogP contribution in [0, 0.1) is 11.8 Å². The smallest absolute Gasteiger partial charge is 0.248 e. The van der Waals surface area contributed by atoms with Gasteiger partial charge in [0.15, 0.2) is 11.5 Å². The SMILES string of the molecule is O=C([C@@H]1CNC[C@]12CNCc1c2ccc2c1OCO2)N1CC[C@@H](c2ccccc2)C[C@H]1C1CCC(F)(F)CC1. The van der Waals surface area contributed by atoms with Crippen LogP contribution >= 0.6 is 0 Å². The maximum Gasteiger partial charge on any atom is 0.248 e. The zero-order valence-corrected chi connectivity index (χ0v) is 22.3. The minimum atomic E-state index is -2.58. The molecule has 0 bridgehead atoms. The third kappa shape index (κ3) is 4.31. The molecule has 208 valence electrons. The summed E-state index contributed by atoms with van der Waals surface area (Å²) in [6.45, 7) is 3.61. The van der Waals surface area contributed by atoms with Crippen LogP contribution in [0.4, 0.5) is 8.78 Å². The summed E-state index contributed by atoms with van der Waals surface area (Å²) in [7, 11) is 0. The first-order valence-electron chi connectivity index (χ1n) is 14.5. The first kappa shape index (κ1) is 25.3. The van der Waals surface area contributed by atoms with Gasteiger partial charge in [0.25, 0.3) is 0 Å². The second-order valence-corrected chi connectivity index (χ2v) is 12.2. The molecule has 8 heteroatoms. The lowest BCUT2D eigenvalue weighted by Gasteiger charge is -2.48. The van der Waals surface area contributed by atoms with Crippen LogP contribution in [0.2, 0.25) is 0 Å². The van der Waals surface area contributed by atoms with Crippen LogP contribution in [-0.4, -0.2) is 55.7 Å². The Balaban J connectivity index is 1.20. The predicted molar refractivity (Wildman–Crippen MR) is 143 cm³/mol. The number of likely N-dealkylation sites (tertiary alicyclic amines) is 1. The van der Waals surface area contributed by atoms with Crippen molar-refractivity contribution in [3.63, 3.8) is 0 Å². The van der Waals surface area contributed by atoms with E-state index in [1.54, 1.807) is 0 Å². The molecule has 0 radical (unpaired) electrons. The first-order chi connectivity index (χ1) is 19.0. The Kier molecular flexibility index (Phi) is 6.31. The number of carbonyl (C=O) groups is 1. The third-order valence-corrected chi connectivity index (χ3v) is 10.2. The van der Waals surface area contributed by atoms with E-state index in [-0.39, 0.29) is 48.8 Å². The number of amides is 1. The molecule has 2 N–H and O–H groups in total. The molecule has 7 rings (SSSR count). The summed E-state index contributed by atoms with van der Waals surface area (Å²) in [6, 6.07) is 14.6. The van der Waals surface area contributed by atoms with Crippen molar-refractivity contribution in [1.29, 1.82) is 0 Å². The van der Waals surface area contributed by atoms with Gasteiger partial charge in [0.2, 0.25) is 18.6 Å². The van der Waals surface area contributed by atoms with Crippen LogP contribution < -0.4 is 20.1 Å². The minimum absolute atomic E-state index is 0.0158. The molecule has 2 aromatic rings. The van der Waals surface area contributed by atoms with E-state index in [1.807, 2.05) is 12.1 Å². The molecule has 0 unspecified atom stereocenters. The van der Waals surface area contributed by atoms with E-state index in [2.05, 4.69) is 45.9 Å². The summed E-state index contributed by atoms with van der Waals surface area (Å²) in [5, 5.41) is 7.12. The number of hydrogen-bond acceptors (Lipinski definition) is 5. The molecule has 4 heterocycles. The molecule has 1 aliphatic carbocycles. The average molecular weight is 538 g/mol. The van der Waals surface area contributed by atoms with E-state index in [4.69, 9.17) is 9.47 Å². The standard InChI is InChI=1S/C31H37F2N3O3/c32-31(33)11-8-21(9-12-31)26-14-22(20-4-2-1-3-5-20)10-13-36(26)29(37)25-16-35-18-30(25)17-34-15-23-24(30)6-7-27-28(23)39-19-38-27/h1-7,21-22,25-26,34-35H,8-19H2/t22-,25+,26+,30+/m1/s1. The molecule has 39 heavy (non-hydrogen) atoms. The highest BCUT2D eigenvalue weighted by Gasteiger charge is 2.54. The van der Waals surface area contributed by atoms with Crippen molar-refractivity contribution in [1.82, 2.24) is 15.5 Å². The lowest BCUT2D eigenvalue weighted by Crippen LogP contribution is -2.57. The highest BCUT2D eigenvalue weighted by atomic mass is 19.3. The molecular formula is C31H37F2N3O3. The summed E-state index contributed by atoms with van der Waals surface area (Å²) in [4.78, 5) is 16.7. The van der Waals surface area contributed by atoms with Gasteiger partial charge in [-0.2, -0.15) is 0 Å². The van der Waals surface area contributed by atoms with E-state index in [0.717, 1.165) is 29.9 Å². The van der Waals surface area contributed by atoms with Gasteiger partial charge in [-0.05, 0) is 54.7 Å². The fourth-order valence-electron chi connectivity index (χ4n) is 8.12. The van der Waals surface area contributed by atoms with Crippen LogP contribution in [0.25, 0.3) is 0 Å². The van der Waals surface area contributed by atoms with E-state index in [1.165, 1.54) is 11.1 Å². The average Bonchev–Trinajstić information content (AvgIpc) is 3.61. The number of rotatable bonds is 3. The molecule has 0 aromatic heterocycles. The molecule has 2 aromatic carbocycles. The summed E-state index contributed by atoms with van der Waals surface area (Å²) in [5.74, 6) is -0.639. The minimum Gasteiger partial charge on any atom is -0.454 e. The lowest BCUT2D eigenvalue weighted by atomic mass is 9.67. The Morgan fingerprint density at radius 2 is 1.77 bits per heavy atom. The number of alkyl halides is 2. The van der Waals surface area contributed by atoms with Crippen LogP contribution in [0.1, 0.15) is 61.1 Å². The number of fused-ring (bicyclic) bond motifs is 4. The number of piperidine rings is 1. The fraction of sp³-hybridized carbons (Fsp3) is 0.581. The van der Waals surface area contributed by atoms with Crippen LogP contribution in [0.3, 0.4) is 0 Å². The molecule has 2 saturated heterocycles. The fourth-order valence-corrected chi connectivity index (χ4v) is 8.12. The highest BCUT2D eigenvalue weighted by Crippen LogP contribution is 2.49. The van der Waals surface area contributed by atoms with Gasteiger partial charge < -0.3 is 25.0 Å². The molecule has 1 spiro atoms. The summed E-state index contributed by atoms with van der Waals surface area (Å²) < 4.78 is 39.8. The van der Waals surface area contributed by atoms with Gasteiger partial charge in [-0.3, -0.25) is 4.79 Å². The number of carbonyl (C=O) groups excluding carboxylic acids is 1. The van der Waals surface area contributed by atoms with Crippen molar-refractivity contribution in [3.8, 4) is 11.5 Å². The van der Waals surface area contributed by atoms with Crippen molar-refractivity contribution >= 4 is 5.91 Å². The second kappa shape index (κ2) is 9.73. The third-order valence-electron chi connectivity index (χ3n) is 10.2. The monoisotopic (exact) mass is 537 g/mol. The number of nitrogens with one attached hydrogen (secondary N) is 2. The van der Waals surface area contributed by atoms with Gasteiger partial charge in [0.05, 0.1) is 5.92 Å². The maximum atomic E-state index is 14.6. The maximum absolute atomic E-state index is 14.6. The van der Waals surface area contributed by atoms with Gasteiger partial charge >= 0.3 is 0 Å².